The number of nitrogens with zero attached hydrogens (tertiary/aromatic N) is 4. The Morgan fingerprint density at radius 3 is 2.57 bits per heavy atom. The summed E-state index contributed by atoms with van der Waals surface area (Å²) in [6, 6.07) is 9.11. The van der Waals surface area contributed by atoms with Gasteiger partial charge in [0, 0.05) is 17.0 Å². The SMILES string of the molecule is CC(Sc1ccc(Cl)cc1)c1nc([N+](=O)[O-])c(C#N)n1C. The number of benzene rings is 1. The molecule has 21 heavy (non-hydrogen) atoms. The predicted octanol–water partition coefficient (Wildman–Crippen LogP) is 3.71. The van der Waals surface area contributed by atoms with E-state index < -0.39 is 10.7 Å². The molecule has 1 aromatic carbocycles. The number of thioether (sulfide) groups is 1. The quantitative estimate of drug-likeness (QED) is 0.486. The van der Waals surface area contributed by atoms with Crippen LogP contribution in [-0.2, 0) is 7.05 Å². The molecule has 1 heterocycles. The van der Waals surface area contributed by atoms with Crippen LogP contribution in [0, 0.1) is 21.4 Å². The summed E-state index contributed by atoms with van der Waals surface area (Å²) in [6.07, 6.45) is 0. The minimum Gasteiger partial charge on any atom is -0.358 e. The molecule has 0 fully saturated rings. The van der Waals surface area contributed by atoms with Gasteiger partial charge < -0.3 is 10.1 Å². The highest BCUT2D eigenvalue weighted by Crippen LogP contribution is 2.36. The lowest BCUT2D eigenvalue weighted by molar-refractivity contribution is -0.389. The zero-order valence-corrected chi connectivity index (χ0v) is 12.9. The van der Waals surface area contributed by atoms with Gasteiger partial charge in [0.25, 0.3) is 0 Å². The van der Waals surface area contributed by atoms with E-state index in [-0.39, 0.29) is 10.9 Å². The summed E-state index contributed by atoms with van der Waals surface area (Å²) >= 11 is 7.32. The Morgan fingerprint density at radius 2 is 2.10 bits per heavy atom. The van der Waals surface area contributed by atoms with Gasteiger partial charge in [0.1, 0.15) is 6.07 Å². The summed E-state index contributed by atoms with van der Waals surface area (Å²) < 4.78 is 1.46. The molecular formula is C13H11ClN4O2S. The van der Waals surface area contributed by atoms with Crippen molar-refractivity contribution in [1.82, 2.24) is 9.55 Å². The second-order valence-corrected chi connectivity index (χ2v) is 6.13. The topological polar surface area (TPSA) is 84.8 Å². The van der Waals surface area contributed by atoms with E-state index in [1.165, 1.54) is 16.3 Å². The standard InChI is InChI=1S/C13H11ClN4O2S/c1-8(21-10-5-3-9(14)4-6-10)12-16-13(18(19)20)11(7-15)17(12)2/h3-6,8H,1-2H3. The van der Waals surface area contributed by atoms with Gasteiger partial charge in [-0.15, -0.1) is 11.8 Å². The zero-order chi connectivity index (χ0) is 15.6. The van der Waals surface area contributed by atoms with E-state index in [9.17, 15) is 10.1 Å². The minimum absolute atomic E-state index is 0.0430. The van der Waals surface area contributed by atoms with Crippen molar-refractivity contribution in [2.45, 2.75) is 17.1 Å². The molecule has 1 unspecified atom stereocenters. The molecule has 1 aromatic heterocycles. The first-order valence-electron chi connectivity index (χ1n) is 5.97. The second kappa shape index (κ2) is 6.16. The Labute approximate surface area is 130 Å². The van der Waals surface area contributed by atoms with Gasteiger partial charge in [-0.2, -0.15) is 5.26 Å². The van der Waals surface area contributed by atoms with Crippen LogP contribution in [0.4, 0.5) is 5.82 Å². The van der Waals surface area contributed by atoms with E-state index in [4.69, 9.17) is 16.9 Å². The molecule has 6 nitrogen and oxygen atoms in total. The van der Waals surface area contributed by atoms with Crippen LogP contribution in [0.3, 0.4) is 0 Å². The number of hydrogen-bond donors (Lipinski definition) is 0. The fourth-order valence-electron chi connectivity index (χ4n) is 1.89. The van der Waals surface area contributed by atoms with Gasteiger partial charge in [0.05, 0.1) is 5.25 Å². The van der Waals surface area contributed by atoms with E-state index in [0.29, 0.717) is 10.8 Å². The van der Waals surface area contributed by atoms with Crippen LogP contribution in [0.5, 0.6) is 0 Å². The van der Waals surface area contributed by atoms with Crippen molar-refractivity contribution in [3.63, 3.8) is 0 Å². The number of hydrogen-bond acceptors (Lipinski definition) is 5. The molecule has 0 amide bonds. The van der Waals surface area contributed by atoms with Crippen molar-refractivity contribution in [3.8, 4) is 6.07 Å². The predicted molar refractivity (Wildman–Crippen MR) is 80.3 cm³/mol. The largest absolute Gasteiger partial charge is 0.400 e. The van der Waals surface area contributed by atoms with Gasteiger partial charge in [-0.05, 0) is 41.1 Å². The molecule has 1 atom stereocenters. The molecule has 0 aliphatic rings. The van der Waals surface area contributed by atoms with Crippen LogP contribution in [0.2, 0.25) is 5.02 Å². The van der Waals surface area contributed by atoms with E-state index in [1.807, 2.05) is 25.1 Å². The highest BCUT2D eigenvalue weighted by atomic mass is 35.5. The van der Waals surface area contributed by atoms with E-state index in [0.717, 1.165) is 4.90 Å². The molecule has 0 N–H and O–H groups in total. The van der Waals surface area contributed by atoms with Gasteiger partial charge in [-0.1, -0.05) is 11.6 Å². The molecule has 2 aromatic rings. The Hall–Kier alpha value is -2.04. The summed E-state index contributed by atoms with van der Waals surface area (Å²) in [4.78, 5) is 15.2. The maximum Gasteiger partial charge on any atom is 0.400 e. The molecule has 108 valence electrons. The third-order valence-electron chi connectivity index (χ3n) is 2.88. The molecule has 0 spiro atoms. The fraction of sp³-hybridized carbons (Fsp3) is 0.231. The summed E-state index contributed by atoms with van der Waals surface area (Å²) in [5.74, 6) is 0.0803. The average molecular weight is 323 g/mol. The van der Waals surface area contributed by atoms with Crippen molar-refractivity contribution in [2.24, 2.45) is 7.05 Å². The molecule has 8 heteroatoms. The van der Waals surface area contributed by atoms with Crippen molar-refractivity contribution < 1.29 is 4.92 Å². The summed E-state index contributed by atoms with van der Waals surface area (Å²) in [7, 11) is 1.60. The summed E-state index contributed by atoms with van der Waals surface area (Å²) in [6.45, 7) is 1.88. The van der Waals surface area contributed by atoms with Gasteiger partial charge in [0.2, 0.25) is 11.5 Å². The van der Waals surface area contributed by atoms with Crippen molar-refractivity contribution in [1.29, 1.82) is 5.26 Å². The van der Waals surface area contributed by atoms with Crippen molar-refractivity contribution in [2.75, 3.05) is 0 Å². The van der Waals surface area contributed by atoms with Gasteiger partial charge >= 0.3 is 5.82 Å². The molecule has 0 bridgehead atoms. The first-order valence-corrected chi connectivity index (χ1v) is 7.23. The number of aromatic nitrogens is 2. The highest BCUT2D eigenvalue weighted by Gasteiger charge is 2.29. The van der Waals surface area contributed by atoms with Crippen molar-refractivity contribution >= 4 is 29.2 Å². The lowest BCUT2D eigenvalue weighted by Crippen LogP contribution is -2.02. The number of rotatable bonds is 4. The number of imidazole rings is 1. The second-order valence-electron chi connectivity index (χ2n) is 4.28. The lowest BCUT2D eigenvalue weighted by atomic mass is 10.4. The molecule has 0 saturated carbocycles. The number of nitro groups is 1. The summed E-state index contributed by atoms with van der Waals surface area (Å²) in [5.41, 5.74) is -0.0430. The first kappa shape index (κ1) is 15.4. The molecule has 0 radical (unpaired) electrons. The molecular weight excluding hydrogens is 312 g/mol. The average Bonchev–Trinajstić information content (AvgIpc) is 2.78. The maximum atomic E-state index is 10.9. The van der Waals surface area contributed by atoms with Gasteiger partial charge in [0.15, 0.2) is 0 Å². The van der Waals surface area contributed by atoms with Crippen LogP contribution in [0.1, 0.15) is 23.7 Å². The third-order valence-corrected chi connectivity index (χ3v) is 4.24. The van der Waals surface area contributed by atoms with E-state index in [1.54, 1.807) is 19.2 Å². The Balaban J connectivity index is 2.31. The van der Waals surface area contributed by atoms with E-state index in [2.05, 4.69) is 4.98 Å². The Kier molecular flexibility index (Phi) is 4.50. The van der Waals surface area contributed by atoms with E-state index >= 15 is 0 Å². The lowest BCUT2D eigenvalue weighted by Gasteiger charge is -2.08. The first-order chi connectivity index (χ1) is 9.93. The number of nitriles is 1. The van der Waals surface area contributed by atoms with Gasteiger partial charge in [-0.25, -0.2) is 0 Å². The molecule has 2 rings (SSSR count). The molecule has 0 aliphatic carbocycles. The molecule has 0 saturated heterocycles. The summed E-state index contributed by atoms with van der Waals surface area (Å²) in [5, 5.41) is 20.5. The monoisotopic (exact) mass is 322 g/mol. The zero-order valence-electron chi connectivity index (χ0n) is 11.3. The fourth-order valence-corrected chi connectivity index (χ4v) is 3.03. The smallest absolute Gasteiger partial charge is 0.358 e. The maximum absolute atomic E-state index is 10.9. The van der Waals surface area contributed by atoms with Crippen molar-refractivity contribution in [3.05, 3.63) is 50.9 Å². The Bertz CT molecular complexity index is 721. The van der Waals surface area contributed by atoms with Crippen LogP contribution < -0.4 is 0 Å². The highest BCUT2D eigenvalue weighted by molar-refractivity contribution is 7.99. The Morgan fingerprint density at radius 1 is 1.48 bits per heavy atom. The van der Waals surface area contributed by atoms with Crippen LogP contribution in [-0.4, -0.2) is 14.5 Å². The molecule has 0 aliphatic heterocycles. The normalized spacial score (nSPS) is 11.9. The van der Waals surface area contributed by atoms with Crippen LogP contribution >= 0.6 is 23.4 Å². The van der Waals surface area contributed by atoms with Crippen LogP contribution in [0.25, 0.3) is 0 Å². The van der Waals surface area contributed by atoms with Crippen LogP contribution in [0.15, 0.2) is 29.2 Å². The van der Waals surface area contributed by atoms with Gasteiger partial charge in [-0.3, -0.25) is 4.57 Å². The minimum atomic E-state index is -0.637. The third kappa shape index (κ3) is 3.17. The number of halogens is 1.